The third-order valence-electron chi connectivity index (χ3n) is 3.03. The van der Waals surface area contributed by atoms with Gasteiger partial charge in [-0.25, -0.2) is 4.98 Å². The molecule has 17 heavy (non-hydrogen) atoms. The van der Waals surface area contributed by atoms with E-state index in [4.69, 9.17) is 4.42 Å². The first kappa shape index (κ1) is 10.4. The zero-order chi connectivity index (χ0) is 12.1. The summed E-state index contributed by atoms with van der Waals surface area (Å²) >= 11 is 0. The molecule has 90 valence electrons. The number of anilines is 1. The zero-order valence-corrected chi connectivity index (χ0v) is 8.71. The molecule has 0 radical (unpaired) electrons. The third-order valence-corrected chi connectivity index (χ3v) is 3.03. The van der Waals surface area contributed by atoms with Crippen molar-refractivity contribution < 1.29 is 17.6 Å². The Morgan fingerprint density at radius 3 is 2.71 bits per heavy atom. The molecule has 0 spiro atoms. The van der Waals surface area contributed by atoms with Crippen LogP contribution in [0.25, 0.3) is 11.0 Å². The van der Waals surface area contributed by atoms with Crippen LogP contribution in [-0.4, -0.2) is 16.7 Å². The van der Waals surface area contributed by atoms with Gasteiger partial charge in [0.1, 0.15) is 16.9 Å². The van der Waals surface area contributed by atoms with E-state index in [9.17, 15) is 13.2 Å². The van der Waals surface area contributed by atoms with Crippen LogP contribution in [0.4, 0.5) is 19.0 Å². The standard InChI is InChI=1S/C11H9F3N2O/c12-11(13,14)10(3-4-10)16-9-7-2-6-17-8(7)1-5-15-9/h1-2,5-6H,3-4H2,(H,15,16). The fourth-order valence-corrected chi connectivity index (χ4v) is 1.83. The molecule has 1 aliphatic carbocycles. The van der Waals surface area contributed by atoms with Crippen LogP contribution in [0.1, 0.15) is 12.8 Å². The predicted octanol–water partition coefficient (Wildman–Crippen LogP) is 3.33. The highest BCUT2D eigenvalue weighted by Crippen LogP contribution is 2.51. The lowest BCUT2D eigenvalue weighted by atomic mass is 10.2. The second-order valence-corrected chi connectivity index (χ2v) is 4.20. The van der Waals surface area contributed by atoms with Gasteiger partial charge in [-0.15, -0.1) is 0 Å². The SMILES string of the molecule is FC(F)(F)C1(Nc2nccc3occc23)CC1. The van der Waals surface area contributed by atoms with Crippen LogP contribution in [0.15, 0.2) is 29.0 Å². The Hall–Kier alpha value is -1.72. The van der Waals surface area contributed by atoms with Crippen LogP contribution in [0.2, 0.25) is 0 Å². The maximum atomic E-state index is 12.8. The van der Waals surface area contributed by atoms with Crippen molar-refractivity contribution in [3.63, 3.8) is 0 Å². The number of furan rings is 1. The number of aromatic nitrogens is 1. The van der Waals surface area contributed by atoms with Gasteiger partial charge in [0.05, 0.1) is 11.6 Å². The summed E-state index contributed by atoms with van der Waals surface area (Å²) < 4.78 is 43.5. The molecule has 0 aliphatic heterocycles. The number of fused-ring (bicyclic) bond motifs is 1. The first-order chi connectivity index (χ1) is 8.02. The molecule has 0 amide bonds. The highest BCUT2D eigenvalue weighted by molar-refractivity contribution is 5.88. The molecule has 2 aromatic heterocycles. The molecule has 0 saturated heterocycles. The minimum atomic E-state index is -4.25. The summed E-state index contributed by atoms with van der Waals surface area (Å²) in [5, 5.41) is 3.07. The number of rotatable bonds is 2. The quantitative estimate of drug-likeness (QED) is 0.877. The van der Waals surface area contributed by atoms with Crippen molar-refractivity contribution in [2.75, 3.05) is 5.32 Å². The molecular formula is C11H9F3N2O. The summed E-state index contributed by atoms with van der Waals surface area (Å²) in [5.41, 5.74) is -1.27. The van der Waals surface area contributed by atoms with Crippen LogP contribution >= 0.6 is 0 Å². The first-order valence-corrected chi connectivity index (χ1v) is 5.19. The Morgan fingerprint density at radius 1 is 1.29 bits per heavy atom. The van der Waals surface area contributed by atoms with Gasteiger partial charge < -0.3 is 9.73 Å². The largest absolute Gasteiger partial charge is 0.464 e. The molecule has 3 nitrogen and oxygen atoms in total. The van der Waals surface area contributed by atoms with Gasteiger partial charge in [-0.05, 0) is 25.0 Å². The van der Waals surface area contributed by atoms with Crippen LogP contribution in [0.3, 0.4) is 0 Å². The summed E-state index contributed by atoms with van der Waals surface area (Å²) in [5.74, 6) is 0.228. The van der Waals surface area contributed by atoms with E-state index in [1.807, 2.05) is 0 Å². The minimum absolute atomic E-state index is 0.0897. The van der Waals surface area contributed by atoms with Crippen molar-refractivity contribution in [2.24, 2.45) is 0 Å². The summed E-state index contributed by atoms with van der Waals surface area (Å²) in [6.07, 6.45) is -1.20. The van der Waals surface area contributed by atoms with E-state index >= 15 is 0 Å². The molecule has 1 aliphatic rings. The van der Waals surface area contributed by atoms with Crippen LogP contribution in [0, 0.1) is 0 Å². The molecule has 3 rings (SSSR count). The topological polar surface area (TPSA) is 38.1 Å². The van der Waals surface area contributed by atoms with E-state index in [1.54, 1.807) is 12.1 Å². The smallest absolute Gasteiger partial charge is 0.411 e. The number of hydrogen-bond acceptors (Lipinski definition) is 3. The van der Waals surface area contributed by atoms with Gasteiger partial charge in [-0.3, -0.25) is 0 Å². The monoisotopic (exact) mass is 242 g/mol. The lowest BCUT2D eigenvalue weighted by Crippen LogP contribution is -2.38. The number of alkyl halides is 3. The Morgan fingerprint density at radius 2 is 2.06 bits per heavy atom. The predicted molar refractivity (Wildman–Crippen MR) is 55.7 cm³/mol. The Kier molecular flexibility index (Phi) is 1.93. The summed E-state index contributed by atoms with van der Waals surface area (Å²) in [6, 6.07) is 3.23. The molecule has 1 N–H and O–H groups in total. The molecule has 1 fully saturated rings. The molecular weight excluding hydrogens is 233 g/mol. The van der Waals surface area contributed by atoms with Crippen molar-refractivity contribution in [2.45, 2.75) is 24.6 Å². The molecule has 2 aromatic rings. The van der Waals surface area contributed by atoms with E-state index in [-0.39, 0.29) is 18.7 Å². The van der Waals surface area contributed by atoms with Gasteiger partial charge >= 0.3 is 6.18 Å². The number of hydrogen-bond donors (Lipinski definition) is 1. The highest BCUT2D eigenvalue weighted by Gasteiger charge is 2.63. The average molecular weight is 242 g/mol. The maximum Gasteiger partial charge on any atom is 0.411 e. The van der Waals surface area contributed by atoms with Gasteiger partial charge in [0.25, 0.3) is 0 Å². The summed E-state index contributed by atoms with van der Waals surface area (Å²) in [4.78, 5) is 3.95. The van der Waals surface area contributed by atoms with Crippen molar-refractivity contribution in [3.05, 3.63) is 24.6 Å². The van der Waals surface area contributed by atoms with Gasteiger partial charge in [-0.1, -0.05) is 0 Å². The molecule has 0 aromatic carbocycles. The fourth-order valence-electron chi connectivity index (χ4n) is 1.83. The van der Waals surface area contributed by atoms with E-state index in [0.717, 1.165) is 0 Å². The zero-order valence-electron chi connectivity index (χ0n) is 8.71. The highest BCUT2D eigenvalue weighted by atomic mass is 19.4. The van der Waals surface area contributed by atoms with Gasteiger partial charge in [0, 0.05) is 6.20 Å². The lowest BCUT2D eigenvalue weighted by molar-refractivity contribution is -0.151. The van der Waals surface area contributed by atoms with Gasteiger partial charge in [0.15, 0.2) is 0 Å². The normalized spacial score (nSPS) is 18.3. The molecule has 1 saturated carbocycles. The van der Waals surface area contributed by atoms with Crippen molar-refractivity contribution >= 4 is 16.8 Å². The molecule has 0 bridgehead atoms. The van der Waals surface area contributed by atoms with E-state index in [2.05, 4.69) is 10.3 Å². The van der Waals surface area contributed by atoms with Crippen LogP contribution < -0.4 is 5.32 Å². The van der Waals surface area contributed by atoms with Crippen molar-refractivity contribution in [1.29, 1.82) is 0 Å². The summed E-state index contributed by atoms with van der Waals surface area (Å²) in [7, 11) is 0. The number of pyridine rings is 1. The average Bonchev–Trinajstić information content (AvgIpc) is 2.89. The minimum Gasteiger partial charge on any atom is -0.464 e. The fraction of sp³-hybridized carbons (Fsp3) is 0.364. The van der Waals surface area contributed by atoms with Crippen LogP contribution in [0.5, 0.6) is 0 Å². The van der Waals surface area contributed by atoms with E-state index in [0.29, 0.717) is 11.0 Å². The second kappa shape index (κ2) is 3.15. The Labute approximate surface area is 94.6 Å². The Bertz CT molecular complexity index is 557. The Balaban J connectivity index is 1.98. The number of nitrogens with one attached hydrogen (secondary N) is 1. The van der Waals surface area contributed by atoms with Gasteiger partial charge in [0.2, 0.25) is 0 Å². The lowest BCUT2D eigenvalue weighted by Gasteiger charge is -2.21. The second-order valence-electron chi connectivity index (χ2n) is 4.20. The van der Waals surface area contributed by atoms with Crippen molar-refractivity contribution in [1.82, 2.24) is 4.98 Å². The van der Waals surface area contributed by atoms with E-state index < -0.39 is 11.7 Å². The maximum absolute atomic E-state index is 12.8. The molecule has 6 heteroatoms. The molecule has 2 heterocycles. The number of halogens is 3. The first-order valence-electron chi connectivity index (χ1n) is 5.19. The van der Waals surface area contributed by atoms with Crippen LogP contribution in [-0.2, 0) is 0 Å². The number of nitrogens with zero attached hydrogens (tertiary/aromatic N) is 1. The molecule has 0 unspecified atom stereocenters. The van der Waals surface area contributed by atoms with Crippen molar-refractivity contribution in [3.8, 4) is 0 Å². The van der Waals surface area contributed by atoms with E-state index in [1.165, 1.54) is 12.5 Å². The summed E-state index contributed by atoms with van der Waals surface area (Å²) in [6.45, 7) is 0. The van der Waals surface area contributed by atoms with Gasteiger partial charge in [-0.2, -0.15) is 13.2 Å². The molecule has 0 atom stereocenters. The third kappa shape index (κ3) is 1.55.